The summed E-state index contributed by atoms with van der Waals surface area (Å²) in [5.41, 5.74) is 1.16. The average molecular weight is 378 g/mol. The highest BCUT2D eigenvalue weighted by molar-refractivity contribution is 7.89. The normalized spacial score (nSPS) is 21.6. The van der Waals surface area contributed by atoms with Gasteiger partial charge in [-0.05, 0) is 42.8 Å². The van der Waals surface area contributed by atoms with E-state index in [1.807, 2.05) is 30.3 Å². The van der Waals surface area contributed by atoms with Gasteiger partial charge in [0.2, 0.25) is 10.0 Å². The monoisotopic (exact) mass is 378 g/mol. The molecule has 0 amide bonds. The lowest BCUT2D eigenvalue weighted by molar-refractivity contribution is 0.101. The Hall–Kier alpha value is -1.80. The summed E-state index contributed by atoms with van der Waals surface area (Å²) in [6.45, 7) is 1.97. The van der Waals surface area contributed by atoms with Crippen molar-refractivity contribution in [3.63, 3.8) is 0 Å². The summed E-state index contributed by atoms with van der Waals surface area (Å²) >= 11 is 0. The summed E-state index contributed by atoms with van der Waals surface area (Å²) < 4.78 is 41.0. The van der Waals surface area contributed by atoms with Crippen molar-refractivity contribution in [1.29, 1.82) is 0 Å². The van der Waals surface area contributed by atoms with Gasteiger partial charge in [-0.15, -0.1) is 0 Å². The molecule has 1 aliphatic heterocycles. The summed E-state index contributed by atoms with van der Waals surface area (Å²) in [5.74, 6) is -0.624. The number of benzene rings is 2. The number of likely N-dealkylation sites (tertiary alicyclic amines) is 1. The van der Waals surface area contributed by atoms with Crippen LogP contribution in [0.25, 0.3) is 0 Å². The molecule has 5 nitrogen and oxygen atoms in total. The number of aliphatic hydroxyl groups is 1. The molecule has 1 saturated heterocycles. The molecular weight excluding hydrogens is 355 g/mol. The number of nitrogens with zero attached hydrogens (tertiary/aromatic N) is 1. The minimum absolute atomic E-state index is 0.0239. The van der Waals surface area contributed by atoms with E-state index in [0.717, 1.165) is 30.8 Å². The van der Waals surface area contributed by atoms with Gasteiger partial charge < -0.3 is 5.11 Å². The van der Waals surface area contributed by atoms with Crippen molar-refractivity contribution in [2.24, 2.45) is 5.92 Å². The van der Waals surface area contributed by atoms with Crippen LogP contribution in [0.2, 0.25) is 0 Å². The van der Waals surface area contributed by atoms with Crippen LogP contribution in [-0.2, 0) is 16.6 Å². The molecule has 26 heavy (non-hydrogen) atoms. The third-order valence-corrected chi connectivity index (χ3v) is 6.26. The van der Waals surface area contributed by atoms with Crippen molar-refractivity contribution < 1.29 is 17.9 Å². The first-order chi connectivity index (χ1) is 12.5. The fourth-order valence-corrected chi connectivity index (χ4v) is 4.58. The lowest BCUT2D eigenvalue weighted by Crippen LogP contribution is -2.53. The Kier molecular flexibility index (Phi) is 6.03. The zero-order valence-electron chi connectivity index (χ0n) is 14.4. The summed E-state index contributed by atoms with van der Waals surface area (Å²) in [5, 5.41) is 9.64. The van der Waals surface area contributed by atoms with E-state index in [4.69, 9.17) is 0 Å². The first kappa shape index (κ1) is 19.0. The number of aliphatic hydroxyl groups excluding tert-OH is 1. The van der Waals surface area contributed by atoms with Gasteiger partial charge in [-0.1, -0.05) is 30.3 Å². The van der Waals surface area contributed by atoms with Gasteiger partial charge in [0.05, 0.1) is 4.90 Å². The maximum atomic E-state index is 13.1. The zero-order valence-corrected chi connectivity index (χ0v) is 15.2. The van der Waals surface area contributed by atoms with E-state index in [9.17, 15) is 17.9 Å². The maximum Gasteiger partial charge on any atom is 0.240 e. The lowest BCUT2D eigenvalue weighted by Gasteiger charge is -2.38. The van der Waals surface area contributed by atoms with E-state index in [-0.39, 0.29) is 17.4 Å². The van der Waals surface area contributed by atoms with E-state index in [0.29, 0.717) is 13.0 Å². The van der Waals surface area contributed by atoms with Crippen molar-refractivity contribution in [3.05, 3.63) is 66.0 Å². The van der Waals surface area contributed by atoms with E-state index in [1.54, 1.807) is 0 Å². The average Bonchev–Trinajstić information content (AvgIpc) is 2.63. The van der Waals surface area contributed by atoms with Gasteiger partial charge in [0.15, 0.2) is 0 Å². The maximum absolute atomic E-state index is 13.1. The van der Waals surface area contributed by atoms with E-state index in [1.165, 1.54) is 12.1 Å². The number of hydrogen-bond acceptors (Lipinski definition) is 4. The van der Waals surface area contributed by atoms with Crippen LogP contribution in [0.3, 0.4) is 0 Å². The molecule has 2 unspecified atom stereocenters. The van der Waals surface area contributed by atoms with Crippen LogP contribution < -0.4 is 4.72 Å². The molecule has 0 aliphatic carbocycles. The molecule has 0 aromatic heterocycles. The van der Waals surface area contributed by atoms with Crippen LogP contribution in [0, 0.1) is 11.7 Å². The van der Waals surface area contributed by atoms with Crippen molar-refractivity contribution in [2.45, 2.75) is 23.9 Å². The first-order valence-electron chi connectivity index (χ1n) is 8.63. The highest BCUT2D eigenvalue weighted by Gasteiger charge is 2.32. The van der Waals surface area contributed by atoms with Gasteiger partial charge in [0, 0.05) is 31.7 Å². The highest BCUT2D eigenvalue weighted by Crippen LogP contribution is 2.21. The van der Waals surface area contributed by atoms with Crippen LogP contribution in [0.1, 0.15) is 12.0 Å². The smallest absolute Gasteiger partial charge is 0.240 e. The van der Waals surface area contributed by atoms with Gasteiger partial charge in [-0.2, -0.15) is 0 Å². The second-order valence-electron chi connectivity index (χ2n) is 6.63. The number of rotatable bonds is 6. The molecule has 0 saturated carbocycles. The zero-order chi connectivity index (χ0) is 18.6. The molecule has 2 aromatic rings. The largest absolute Gasteiger partial charge is 0.396 e. The van der Waals surface area contributed by atoms with E-state index < -0.39 is 21.9 Å². The molecule has 1 fully saturated rings. The van der Waals surface area contributed by atoms with Crippen molar-refractivity contribution in [1.82, 2.24) is 9.62 Å². The Bertz CT molecular complexity index is 812. The quantitative estimate of drug-likeness (QED) is 0.807. The molecule has 140 valence electrons. The van der Waals surface area contributed by atoms with Gasteiger partial charge in [-0.25, -0.2) is 17.5 Å². The Morgan fingerprint density at radius 2 is 1.81 bits per heavy atom. The molecule has 3 rings (SSSR count). The molecule has 7 heteroatoms. The molecule has 2 atom stereocenters. The topological polar surface area (TPSA) is 69.6 Å². The Morgan fingerprint density at radius 3 is 2.46 bits per heavy atom. The summed E-state index contributed by atoms with van der Waals surface area (Å²) in [6.07, 6.45) is 0.708. The number of halogens is 1. The molecular formula is C19H23FN2O3S. The predicted octanol–water partition coefficient (Wildman–Crippen LogP) is 1.99. The summed E-state index contributed by atoms with van der Waals surface area (Å²) in [6, 6.07) is 14.3. The van der Waals surface area contributed by atoms with Crippen molar-refractivity contribution in [2.75, 3.05) is 19.7 Å². The molecule has 1 heterocycles. The highest BCUT2D eigenvalue weighted by atomic mass is 32.2. The van der Waals surface area contributed by atoms with Crippen LogP contribution in [0.5, 0.6) is 0 Å². The molecule has 0 bridgehead atoms. The van der Waals surface area contributed by atoms with Crippen LogP contribution >= 0.6 is 0 Å². The fourth-order valence-electron chi connectivity index (χ4n) is 3.29. The van der Waals surface area contributed by atoms with Crippen molar-refractivity contribution >= 4 is 10.0 Å². The van der Waals surface area contributed by atoms with Crippen LogP contribution in [-0.4, -0.2) is 44.2 Å². The molecule has 1 aliphatic rings. The van der Waals surface area contributed by atoms with Gasteiger partial charge in [-0.3, -0.25) is 4.90 Å². The van der Waals surface area contributed by atoms with E-state index in [2.05, 4.69) is 9.62 Å². The number of piperidine rings is 1. The first-order valence-corrected chi connectivity index (χ1v) is 10.1. The van der Waals surface area contributed by atoms with Crippen LogP contribution in [0.15, 0.2) is 59.5 Å². The SMILES string of the molecule is O=S(=O)(NC1CN(Cc2ccccc2)CCC1CO)c1ccc(F)cc1. The molecule has 2 N–H and O–H groups in total. The third-order valence-electron chi connectivity index (χ3n) is 4.75. The Labute approximate surface area is 153 Å². The molecule has 0 radical (unpaired) electrons. The standard InChI is InChI=1S/C19H23FN2O3S/c20-17-6-8-18(9-7-17)26(24,25)21-19-13-22(11-10-16(19)14-23)12-15-4-2-1-3-5-15/h1-9,16,19,21,23H,10-14H2. The minimum Gasteiger partial charge on any atom is -0.396 e. The van der Waals surface area contributed by atoms with Gasteiger partial charge in [0.1, 0.15) is 5.82 Å². The second-order valence-corrected chi connectivity index (χ2v) is 8.35. The molecule has 2 aromatic carbocycles. The summed E-state index contributed by atoms with van der Waals surface area (Å²) in [4.78, 5) is 2.20. The molecule has 0 spiro atoms. The number of hydrogen-bond donors (Lipinski definition) is 2. The second kappa shape index (κ2) is 8.26. The van der Waals surface area contributed by atoms with Gasteiger partial charge in [0.25, 0.3) is 0 Å². The van der Waals surface area contributed by atoms with Crippen LogP contribution in [0.4, 0.5) is 4.39 Å². The van der Waals surface area contributed by atoms with Crippen molar-refractivity contribution in [3.8, 4) is 0 Å². The van der Waals surface area contributed by atoms with E-state index >= 15 is 0 Å². The summed E-state index contributed by atoms with van der Waals surface area (Å²) in [7, 11) is -3.77. The minimum atomic E-state index is -3.77. The number of nitrogens with one attached hydrogen (secondary N) is 1. The number of sulfonamides is 1. The Morgan fingerprint density at radius 1 is 1.12 bits per heavy atom. The Balaban J connectivity index is 1.72. The van der Waals surface area contributed by atoms with Gasteiger partial charge >= 0.3 is 0 Å². The fraction of sp³-hybridized carbons (Fsp3) is 0.368. The third kappa shape index (κ3) is 4.67. The lowest BCUT2D eigenvalue weighted by atomic mass is 9.93. The predicted molar refractivity (Wildman–Crippen MR) is 97.4 cm³/mol.